The Balaban J connectivity index is 1.79. The zero-order valence-electron chi connectivity index (χ0n) is 13.1. The van der Waals surface area contributed by atoms with Crippen molar-refractivity contribution in [3.8, 4) is 0 Å². The van der Waals surface area contributed by atoms with Crippen molar-refractivity contribution in [2.24, 2.45) is 0 Å². The van der Waals surface area contributed by atoms with E-state index in [2.05, 4.69) is 12.2 Å². The smallest absolute Gasteiger partial charge is 0.408 e. The zero-order chi connectivity index (χ0) is 17.1. The maximum Gasteiger partial charge on any atom is 0.420 e. The van der Waals surface area contributed by atoms with Crippen LogP contribution in [0.25, 0.3) is 11.1 Å². The highest BCUT2D eigenvalue weighted by Gasteiger charge is 2.17. The van der Waals surface area contributed by atoms with Crippen LogP contribution in [0.2, 0.25) is 5.02 Å². The molecule has 24 heavy (non-hydrogen) atoms. The molecule has 0 aliphatic heterocycles. The highest BCUT2D eigenvalue weighted by Crippen LogP contribution is 2.23. The lowest BCUT2D eigenvalue weighted by molar-refractivity contribution is -0.122. The number of halogens is 1. The lowest BCUT2D eigenvalue weighted by atomic mass is 10.1. The summed E-state index contributed by atoms with van der Waals surface area (Å²) in [6.45, 7) is 1.99. The first-order valence-corrected chi connectivity index (χ1v) is 8.96. The van der Waals surface area contributed by atoms with Crippen molar-refractivity contribution in [1.82, 2.24) is 9.88 Å². The van der Waals surface area contributed by atoms with E-state index in [0.717, 1.165) is 17.7 Å². The molecule has 1 atom stereocenters. The van der Waals surface area contributed by atoms with Gasteiger partial charge in [-0.2, -0.15) is 0 Å². The number of amides is 1. The average molecular weight is 365 g/mol. The molecule has 0 fully saturated rings. The van der Waals surface area contributed by atoms with Crippen molar-refractivity contribution in [3.05, 3.63) is 56.2 Å². The number of carbonyl (C=O) groups is 1. The third-order valence-corrected chi connectivity index (χ3v) is 4.95. The van der Waals surface area contributed by atoms with Crippen LogP contribution in [0.3, 0.4) is 0 Å². The molecule has 0 aliphatic carbocycles. The minimum Gasteiger partial charge on any atom is -0.408 e. The van der Waals surface area contributed by atoms with Gasteiger partial charge in [0.25, 0.3) is 0 Å². The van der Waals surface area contributed by atoms with Crippen molar-refractivity contribution in [1.29, 1.82) is 0 Å². The predicted octanol–water partition coefficient (Wildman–Crippen LogP) is 3.97. The highest BCUT2D eigenvalue weighted by molar-refractivity contribution is 7.10. The van der Waals surface area contributed by atoms with Crippen LogP contribution in [-0.4, -0.2) is 10.5 Å². The van der Waals surface area contributed by atoms with E-state index in [0.29, 0.717) is 16.1 Å². The molecular weight excluding hydrogens is 348 g/mol. The topological polar surface area (TPSA) is 64.2 Å². The number of oxazole rings is 1. The van der Waals surface area contributed by atoms with Crippen molar-refractivity contribution in [2.45, 2.75) is 32.4 Å². The molecule has 0 bridgehead atoms. The second-order valence-electron chi connectivity index (χ2n) is 5.49. The maximum absolute atomic E-state index is 12.4. The molecule has 0 unspecified atom stereocenters. The minimum atomic E-state index is -0.564. The van der Waals surface area contributed by atoms with Crippen molar-refractivity contribution in [3.63, 3.8) is 0 Å². The van der Waals surface area contributed by atoms with Crippen LogP contribution in [0.5, 0.6) is 0 Å². The van der Waals surface area contributed by atoms with E-state index in [4.69, 9.17) is 16.0 Å². The summed E-state index contributed by atoms with van der Waals surface area (Å²) in [5.41, 5.74) is 0.936. The van der Waals surface area contributed by atoms with Gasteiger partial charge in [0.15, 0.2) is 5.58 Å². The lowest BCUT2D eigenvalue weighted by Gasteiger charge is -2.16. The fraction of sp³-hybridized carbons (Fsp3) is 0.294. The first-order valence-electron chi connectivity index (χ1n) is 7.70. The number of nitrogens with one attached hydrogen (secondary N) is 1. The fourth-order valence-electron chi connectivity index (χ4n) is 2.64. The zero-order valence-corrected chi connectivity index (χ0v) is 14.7. The molecule has 126 valence electrons. The molecule has 7 heteroatoms. The van der Waals surface area contributed by atoms with Gasteiger partial charge >= 0.3 is 5.76 Å². The van der Waals surface area contributed by atoms with Crippen LogP contribution in [0, 0.1) is 0 Å². The maximum atomic E-state index is 12.4. The Kier molecular flexibility index (Phi) is 5.06. The number of rotatable bonds is 6. The van der Waals surface area contributed by atoms with E-state index in [1.54, 1.807) is 29.5 Å². The van der Waals surface area contributed by atoms with Gasteiger partial charge in [-0.1, -0.05) is 31.0 Å². The molecule has 3 aromatic rings. The Morgan fingerprint density at radius 2 is 2.25 bits per heavy atom. The van der Waals surface area contributed by atoms with Crippen molar-refractivity contribution in [2.75, 3.05) is 0 Å². The minimum absolute atomic E-state index is 0.0363. The monoisotopic (exact) mass is 364 g/mol. The average Bonchev–Trinajstić information content (AvgIpc) is 3.16. The number of thiophene rings is 1. The normalized spacial score (nSPS) is 12.4. The summed E-state index contributed by atoms with van der Waals surface area (Å²) in [6, 6.07) is 8.85. The molecule has 2 heterocycles. The van der Waals surface area contributed by atoms with Crippen LogP contribution in [0.4, 0.5) is 0 Å². The van der Waals surface area contributed by atoms with Gasteiger partial charge in [0, 0.05) is 16.0 Å². The molecule has 0 saturated carbocycles. The Bertz CT molecular complexity index is 898. The van der Waals surface area contributed by atoms with E-state index in [-0.39, 0.29) is 18.5 Å². The summed E-state index contributed by atoms with van der Waals surface area (Å²) >= 11 is 7.51. The second-order valence-corrected chi connectivity index (χ2v) is 6.91. The van der Waals surface area contributed by atoms with Crippen LogP contribution < -0.4 is 11.1 Å². The van der Waals surface area contributed by atoms with E-state index >= 15 is 0 Å². The van der Waals surface area contributed by atoms with Crippen LogP contribution in [-0.2, 0) is 11.3 Å². The Morgan fingerprint density at radius 1 is 1.42 bits per heavy atom. The molecule has 0 radical (unpaired) electrons. The summed E-state index contributed by atoms with van der Waals surface area (Å²) in [5, 5.41) is 5.47. The second kappa shape index (κ2) is 7.23. The van der Waals surface area contributed by atoms with E-state index in [1.165, 1.54) is 4.57 Å². The molecule has 5 nitrogen and oxygen atoms in total. The largest absolute Gasteiger partial charge is 0.420 e. The van der Waals surface area contributed by atoms with Gasteiger partial charge in [-0.15, -0.1) is 11.3 Å². The molecule has 0 aliphatic rings. The van der Waals surface area contributed by atoms with Crippen molar-refractivity contribution < 1.29 is 9.21 Å². The summed E-state index contributed by atoms with van der Waals surface area (Å²) in [5.74, 6) is -0.785. The van der Waals surface area contributed by atoms with Crippen LogP contribution in [0.15, 0.2) is 44.9 Å². The summed E-state index contributed by atoms with van der Waals surface area (Å²) in [4.78, 5) is 25.5. The molecule has 1 amide bonds. The fourth-order valence-corrected chi connectivity index (χ4v) is 3.61. The third kappa shape index (κ3) is 3.55. The number of aromatic nitrogens is 1. The molecule has 3 rings (SSSR count). The SMILES string of the molecule is CCC[C@@H](NC(=O)Cn1c(=O)oc2cc(Cl)ccc21)c1cccs1. The lowest BCUT2D eigenvalue weighted by Crippen LogP contribution is -2.33. The van der Waals surface area contributed by atoms with Gasteiger partial charge < -0.3 is 9.73 Å². The predicted molar refractivity (Wildman–Crippen MR) is 95.6 cm³/mol. The Hall–Kier alpha value is -2.05. The van der Waals surface area contributed by atoms with E-state index < -0.39 is 5.76 Å². The number of hydrogen-bond donors (Lipinski definition) is 1. The molecule has 1 aromatic carbocycles. The summed E-state index contributed by atoms with van der Waals surface area (Å²) in [6.07, 6.45) is 1.80. The number of fused-ring (bicyclic) bond motifs is 1. The first-order chi connectivity index (χ1) is 11.6. The van der Waals surface area contributed by atoms with Gasteiger partial charge in [-0.25, -0.2) is 4.79 Å². The summed E-state index contributed by atoms with van der Waals surface area (Å²) in [7, 11) is 0. The number of benzene rings is 1. The quantitative estimate of drug-likeness (QED) is 0.719. The van der Waals surface area contributed by atoms with Gasteiger partial charge in [0.05, 0.1) is 11.6 Å². The van der Waals surface area contributed by atoms with Gasteiger partial charge in [-0.05, 0) is 30.0 Å². The van der Waals surface area contributed by atoms with Gasteiger partial charge in [0.1, 0.15) is 6.54 Å². The molecule has 0 saturated heterocycles. The van der Waals surface area contributed by atoms with E-state index in [1.807, 2.05) is 17.5 Å². The Labute approximate surface area is 147 Å². The van der Waals surface area contributed by atoms with Crippen LogP contribution >= 0.6 is 22.9 Å². The van der Waals surface area contributed by atoms with Gasteiger partial charge in [0.2, 0.25) is 5.91 Å². The number of hydrogen-bond acceptors (Lipinski definition) is 4. The van der Waals surface area contributed by atoms with Crippen LogP contribution in [0.1, 0.15) is 30.7 Å². The molecule has 1 N–H and O–H groups in total. The van der Waals surface area contributed by atoms with E-state index in [9.17, 15) is 9.59 Å². The molecule has 2 aromatic heterocycles. The van der Waals surface area contributed by atoms with Gasteiger partial charge in [-0.3, -0.25) is 9.36 Å². The number of nitrogens with zero attached hydrogens (tertiary/aromatic N) is 1. The Morgan fingerprint density at radius 3 is 2.96 bits per heavy atom. The third-order valence-electron chi connectivity index (χ3n) is 3.73. The molecular formula is C17H17ClN2O3S. The van der Waals surface area contributed by atoms with Crippen molar-refractivity contribution >= 4 is 39.9 Å². The number of carbonyl (C=O) groups excluding carboxylic acids is 1. The summed E-state index contributed by atoms with van der Waals surface area (Å²) < 4.78 is 6.47. The molecule has 0 spiro atoms. The standard InChI is InChI=1S/C17H17ClN2O3S/c1-2-4-12(15-5-3-8-24-15)19-16(21)10-20-13-7-6-11(18)9-14(13)23-17(20)22/h3,5-9,12H,2,4,10H2,1H3,(H,19,21)/t12-/m1/s1. The highest BCUT2D eigenvalue weighted by atomic mass is 35.5. The first kappa shape index (κ1) is 16.8.